The molecule has 1 aliphatic rings. The first-order valence-corrected chi connectivity index (χ1v) is 7.79. The molecule has 2 atom stereocenters. The summed E-state index contributed by atoms with van der Waals surface area (Å²) in [5.74, 6) is 0.378. The average Bonchev–Trinajstić information content (AvgIpc) is 3.27. The molecule has 0 unspecified atom stereocenters. The molecule has 1 heterocycles. The largest absolute Gasteiger partial charge is 0.338 e. The molecule has 1 fully saturated rings. The first-order chi connectivity index (χ1) is 10.7. The normalized spacial score (nSPS) is 19.5. The number of amides is 2. The maximum absolute atomic E-state index is 11.9. The maximum Gasteiger partial charge on any atom is 0.315 e. The molecule has 0 aliphatic heterocycles. The van der Waals surface area contributed by atoms with Gasteiger partial charge in [-0.15, -0.1) is 0 Å². The number of carbonyl (C=O) groups is 1. The number of urea groups is 1. The first-order valence-electron chi connectivity index (χ1n) is 7.41. The van der Waals surface area contributed by atoms with Crippen LogP contribution < -0.4 is 10.6 Å². The molecule has 0 spiro atoms. The van der Waals surface area contributed by atoms with Gasteiger partial charge in [-0.2, -0.15) is 0 Å². The van der Waals surface area contributed by atoms with Gasteiger partial charge in [0.05, 0.1) is 0 Å². The monoisotopic (exact) mass is 315 g/mol. The van der Waals surface area contributed by atoms with Gasteiger partial charge in [0, 0.05) is 35.9 Å². The molecule has 0 bridgehead atoms. The highest BCUT2D eigenvalue weighted by Gasteiger charge is 2.39. The Bertz CT molecular complexity index is 647. The predicted molar refractivity (Wildman–Crippen MR) is 87.1 cm³/mol. The van der Waals surface area contributed by atoms with Crippen LogP contribution in [-0.4, -0.2) is 23.6 Å². The molecule has 0 saturated heterocycles. The third-order valence-electron chi connectivity index (χ3n) is 3.81. The Labute approximate surface area is 134 Å². The van der Waals surface area contributed by atoms with Crippen LogP contribution in [-0.2, 0) is 6.42 Å². The molecule has 4 nitrogen and oxygen atoms in total. The van der Waals surface area contributed by atoms with E-state index in [1.54, 1.807) is 6.20 Å². The Balaban J connectivity index is 1.40. The highest BCUT2D eigenvalue weighted by Crippen LogP contribution is 2.41. The highest BCUT2D eigenvalue weighted by atomic mass is 35.5. The summed E-state index contributed by atoms with van der Waals surface area (Å²) < 4.78 is 0. The second-order valence-electron chi connectivity index (χ2n) is 5.52. The Hall–Kier alpha value is -2.07. The Kier molecular flexibility index (Phi) is 4.59. The van der Waals surface area contributed by atoms with E-state index in [0.717, 1.165) is 23.4 Å². The molecule has 2 amide bonds. The zero-order valence-corrected chi connectivity index (χ0v) is 12.9. The maximum atomic E-state index is 11.9. The van der Waals surface area contributed by atoms with Crippen LogP contribution in [0.4, 0.5) is 4.79 Å². The van der Waals surface area contributed by atoms with Crippen molar-refractivity contribution in [3.8, 4) is 0 Å². The van der Waals surface area contributed by atoms with E-state index < -0.39 is 0 Å². The molecular formula is C17H18ClN3O. The molecule has 1 aromatic heterocycles. The van der Waals surface area contributed by atoms with E-state index in [-0.39, 0.29) is 12.1 Å². The summed E-state index contributed by atoms with van der Waals surface area (Å²) in [5, 5.41) is 6.62. The zero-order valence-electron chi connectivity index (χ0n) is 12.1. The summed E-state index contributed by atoms with van der Waals surface area (Å²) in [4.78, 5) is 15.9. The van der Waals surface area contributed by atoms with E-state index in [0.29, 0.717) is 12.5 Å². The minimum atomic E-state index is -0.113. The minimum absolute atomic E-state index is 0.113. The zero-order chi connectivity index (χ0) is 15.4. The summed E-state index contributed by atoms with van der Waals surface area (Å²) in [7, 11) is 0. The van der Waals surface area contributed by atoms with Gasteiger partial charge in [0.1, 0.15) is 0 Å². The SMILES string of the molecule is O=C(NCCc1cccnc1)N[C@@H]1C[C@@H]1c1cccc(Cl)c1. The van der Waals surface area contributed by atoms with Crippen LogP contribution in [0.3, 0.4) is 0 Å². The van der Waals surface area contributed by atoms with E-state index in [1.165, 1.54) is 5.56 Å². The number of rotatable bonds is 5. The molecule has 1 aliphatic carbocycles. The van der Waals surface area contributed by atoms with Gasteiger partial charge in [-0.05, 0) is 42.2 Å². The standard InChI is InChI=1S/C17H18ClN3O/c18-14-5-1-4-13(9-14)15-10-16(15)21-17(22)20-8-6-12-3-2-7-19-11-12/h1-5,7,9,11,15-16H,6,8,10H2,(H2,20,21,22)/t15-,16-/m1/s1. The number of carbonyl (C=O) groups excluding carboxylic acids is 1. The number of pyridine rings is 1. The first kappa shape index (κ1) is 14.9. The molecule has 2 N–H and O–H groups in total. The van der Waals surface area contributed by atoms with Crippen LogP contribution in [0, 0.1) is 0 Å². The van der Waals surface area contributed by atoms with Crippen LogP contribution in [0.2, 0.25) is 5.02 Å². The molecule has 5 heteroatoms. The molecule has 2 aromatic rings. The van der Waals surface area contributed by atoms with Gasteiger partial charge in [0.2, 0.25) is 0 Å². The lowest BCUT2D eigenvalue weighted by atomic mass is 10.1. The molecule has 3 rings (SSSR count). The molecule has 22 heavy (non-hydrogen) atoms. The van der Waals surface area contributed by atoms with Gasteiger partial charge in [-0.1, -0.05) is 29.8 Å². The lowest BCUT2D eigenvalue weighted by molar-refractivity contribution is 0.240. The van der Waals surface area contributed by atoms with Gasteiger partial charge in [-0.3, -0.25) is 4.98 Å². The Morgan fingerprint density at radius 3 is 3.00 bits per heavy atom. The second kappa shape index (κ2) is 6.79. The highest BCUT2D eigenvalue weighted by molar-refractivity contribution is 6.30. The topological polar surface area (TPSA) is 54.0 Å². The van der Waals surface area contributed by atoms with Crippen molar-refractivity contribution in [1.29, 1.82) is 0 Å². The Morgan fingerprint density at radius 2 is 2.23 bits per heavy atom. The molecule has 1 saturated carbocycles. The van der Waals surface area contributed by atoms with Crippen molar-refractivity contribution in [2.45, 2.75) is 24.8 Å². The predicted octanol–water partition coefficient (Wildman–Crippen LogP) is 3.13. The Morgan fingerprint density at radius 1 is 1.32 bits per heavy atom. The summed E-state index contributed by atoms with van der Waals surface area (Å²) in [6.07, 6.45) is 5.31. The van der Waals surface area contributed by atoms with Crippen LogP contribution >= 0.6 is 11.6 Å². The van der Waals surface area contributed by atoms with Gasteiger partial charge in [-0.25, -0.2) is 4.79 Å². The van der Waals surface area contributed by atoms with Crippen LogP contribution in [0.1, 0.15) is 23.5 Å². The van der Waals surface area contributed by atoms with Crippen LogP contribution in [0.25, 0.3) is 0 Å². The van der Waals surface area contributed by atoms with Crippen molar-refractivity contribution in [3.05, 3.63) is 64.9 Å². The average molecular weight is 316 g/mol. The number of hydrogen-bond donors (Lipinski definition) is 2. The number of benzene rings is 1. The summed E-state index contributed by atoms with van der Waals surface area (Å²) in [6.45, 7) is 0.603. The fraction of sp³-hybridized carbons (Fsp3) is 0.294. The second-order valence-corrected chi connectivity index (χ2v) is 5.95. The van der Waals surface area contributed by atoms with Gasteiger partial charge in [0.25, 0.3) is 0 Å². The number of halogens is 1. The van der Waals surface area contributed by atoms with E-state index in [4.69, 9.17) is 11.6 Å². The minimum Gasteiger partial charge on any atom is -0.338 e. The fourth-order valence-corrected chi connectivity index (χ4v) is 2.74. The number of nitrogens with one attached hydrogen (secondary N) is 2. The van der Waals surface area contributed by atoms with E-state index in [2.05, 4.69) is 21.7 Å². The smallest absolute Gasteiger partial charge is 0.315 e. The summed E-state index contributed by atoms with van der Waals surface area (Å²) >= 11 is 5.99. The van der Waals surface area contributed by atoms with Crippen molar-refractivity contribution in [1.82, 2.24) is 15.6 Å². The van der Waals surface area contributed by atoms with Crippen molar-refractivity contribution >= 4 is 17.6 Å². The van der Waals surface area contributed by atoms with Crippen molar-refractivity contribution in [2.75, 3.05) is 6.54 Å². The third kappa shape index (κ3) is 3.98. The molecule has 1 aromatic carbocycles. The quantitative estimate of drug-likeness (QED) is 0.890. The van der Waals surface area contributed by atoms with Gasteiger partial charge < -0.3 is 10.6 Å². The van der Waals surface area contributed by atoms with Crippen molar-refractivity contribution < 1.29 is 4.79 Å². The summed E-state index contributed by atoms with van der Waals surface area (Å²) in [5.41, 5.74) is 2.30. The number of nitrogens with zero attached hydrogens (tertiary/aromatic N) is 1. The van der Waals surface area contributed by atoms with Crippen molar-refractivity contribution in [2.24, 2.45) is 0 Å². The molecule has 114 valence electrons. The lowest BCUT2D eigenvalue weighted by Crippen LogP contribution is -2.38. The summed E-state index contributed by atoms with van der Waals surface area (Å²) in [6, 6.07) is 11.8. The van der Waals surface area contributed by atoms with E-state index >= 15 is 0 Å². The van der Waals surface area contributed by atoms with E-state index in [9.17, 15) is 4.79 Å². The van der Waals surface area contributed by atoms with Crippen LogP contribution in [0.15, 0.2) is 48.8 Å². The molecular weight excluding hydrogens is 298 g/mol. The molecule has 0 radical (unpaired) electrons. The third-order valence-corrected chi connectivity index (χ3v) is 4.04. The van der Waals surface area contributed by atoms with Crippen LogP contribution in [0.5, 0.6) is 0 Å². The van der Waals surface area contributed by atoms with Gasteiger partial charge >= 0.3 is 6.03 Å². The lowest BCUT2D eigenvalue weighted by Gasteiger charge is -2.07. The van der Waals surface area contributed by atoms with Gasteiger partial charge in [0.15, 0.2) is 0 Å². The number of hydrogen-bond acceptors (Lipinski definition) is 2. The van der Waals surface area contributed by atoms with E-state index in [1.807, 2.05) is 36.5 Å². The number of aromatic nitrogens is 1. The van der Waals surface area contributed by atoms with Crippen molar-refractivity contribution in [3.63, 3.8) is 0 Å². The fourth-order valence-electron chi connectivity index (χ4n) is 2.55.